The molecule has 11 heavy (non-hydrogen) atoms. The Balaban J connectivity index is 3.24. The number of Topliss-reactive ketones (excluding diaryl/α,β-unsaturated/α-hetero) is 1. The van der Waals surface area contributed by atoms with E-state index in [4.69, 9.17) is 11.5 Å². The first kappa shape index (κ1) is 10.1. The van der Waals surface area contributed by atoms with Crippen LogP contribution in [0.15, 0.2) is 0 Å². The smallest absolute Gasteiger partial charge is 0.217 e. The standard InChI is InChI=1S/C7H14N2O2/c8-5-4-6(10)2-1-3-7(9)11/h1-5,8H2,(H2,9,11). The van der Waals surface area contributed by atoms with Crippen molar-refractivity contribution in [3.05, 3.63) is 0 Å². The average molecular weight is 158 g/mol. The van der Waals surface area contributed by atoms with Crippen LogP contribution in [0.25, 0.3) is 0 Å². The van der Waals surface area contributed by atoms with E-state index in [1.807, 2.05) is 0 Å². The minimum Gasteiger partial charge on any atom is -0.370 e. The molecule has 0 aliphatic heterocycles. The fourth-order valence-electron chi connectivity index (χ4n) is 0.746. The summed E-state index contributed by atoms with van der Waals surface area (Å²) in [7, 11) is 0. The third kappa shape index (κ3) is 6.99. The molecule has 0 radical (unpaired) electrons. The maximum Gasteiger partial charge on any atom is 0.217 e. The molecule has 0 rings (SSSR count). The highest BCUT2D eigenvalue weighted by Crippen LogP contribution is 1.97. The quantitative estimate of drug-likeness (QED) is 0.549. The topological polar surface area (TPSA) is 86.2 Å². The van der Waals surface area contributed by atoms with E-state index in [1.54, 1.807) is 0 Å². The molecule has 0 aliphatic rings. The largest absolute Gasteiger partial charge is 0.370 e. The minimum absolute atomic E-state index is 0.105. The first-order chi connectivity index (χ1) is 5.16. The number of hydrogen-bond donors (Lipinski definition) is 2. The number of amides is 1. The molecule has 4 nitrogen and oxygen atoms in total. The summed E-state index contributed by atoms with van der Waals surface area (Å²) >= 11 is 0. The van der Waals surface area contributed by atoms with E-state index in [-0.39, 0.29) is 18.1 Å². The van der Waals surface area contributed by atoms with Crippen LogP contribution in [0.3, 0.4) is 0 Å². The van der Waals surface area contributed by atoms with Gasteiger partial charge in [-0.1, -0.05) is 0 Å². The zero-order valence-corrected chi connectivity index (χ0v) is 6.51. The lowest BCUT2D eigenvalue weighted by Crippen LogP contribution is -2.12. The number of hydrogen-bond acceptors (Lipinski definition) is 3. The summed E-state index contributed by atoms with van der Waals surface area (Å²) in [6.07, 6.45) is 1.66. The summed E-state index contributed by atoms with van der Waals surface area (Å²) in [4.78, 5) is 21.0. The summed E-state index contributed by atoms with van der Waals surface area (Å²) in [5.41, 5.74) is 10.0. The molecular formula is C7H14N2O2. The Morgan fingerprint density at radius 2 is 1.73 bits per heavy atom. The maximum absolute atomic E-state index is 10.8. The third-order valence-electron chi connectivity index (χ3n) is 1.30. The Hall–Kier alpha value is -0.900. The molecule has 0 aromatic carbocycles. The highest BCUT2D eigenvalue weighted by molar-refractivity contribution is 5.79. The van der Waals surface area contributed by atoms with E-state index in [9.17, 15) is 9.59 Å². The molecular weight excluding hydrogens is 144 g/mol. The van der Waals surface area contributed by atoms with Crippen LogP contribution >= 0.6 is 0 Å². The fraction of sp³-hybridized carbons (Fsp3) is 0.714. The van der Waals surface area contributed by atoms with E-state index in [0.717, 1.165) is 0 Å². The van der Waals surface area contributed by atoms with Crippen molar-refractivity contribution in [3.8, 4) is 0 Å². The van der Waals surface area contributed by atoms with Gasteiger partial charge in [-0.15, -0.1) is 0 Å². The number of carbonyl (C=O) groups excluding carboxylic acids is 2. The van der Waals surface area contributed by atoms with Crippen molar-refractivity contribution in [2.24, 2.45) is 11.5 Å². The SMILES string of the molecule is NCCC(=O)CCCC(N)=O. The molecule has 0 unspecified atom stereocenters. The first-order valence-corrected chi connectivity index (χ1v) is 3.67. The van der Waals surface area contributed by atoms with Gasteiger partial charge in [0.25, 0.3) is 0 Å². The number of nitrogens with two attached hydrogens (primary N) is 2. The van der Waals surface area contributed by atoms with Crippen LogP contribution in [-0.4, -0.2) is 18.2 Å². The molecule has 0 fully saturated rings. The molecule has 0 saturated carbocycles. The summed E-state index contributed by atoms with van der Waals surface area (Å²) < 4.78 is 0. The van der Waals surface area contributed by atoms with Gasteiger partial charge in [-0.05, 0) is 13.0 Å². The monoisotopic (exact) mass is 158 g/mol. The van der Waals surface area contributed by atoms with Gasteiger partial charge in [-0.25, -0.2) is 0 Å². The molecule has 0 saturated heterocycles. The molecule has 0 bridgehead atoms. The van der Waals surface area contributed by atoms with Gasteiger partial charge >= 0.3 is 0 Å². The lowest BCUT2D eigenvalue weighted by molar-refractivity contribution is -0.119. The van der Waals surface area contributed by atoms with Crippen LogP contribution < -0.4 is 11.5 Å². The molecule has 0 spiro atoms. The van der Waals surface area contributed by atoms with E-state index >= 15 is 0 Å². The highest BCUT2D eigenvalue weighted by atomic mass is 16.1. The molecule has 0 heterocycles. The summed E-state index contributed by atoms with van der Waals surface area (Å²) in [6, 6.07) is 0. The van der Waals surface area contributed by atoms with Crippen LogP contribution in [0.5, 0.6) is 0 Å². The second kappa shape index (κ2) is 5.85. The average Bonchev–Trinajstić information content (AvgIpc) is 1.87. The summed E-state index contributed by atoms with van der Waals surface area (Å²) in [5.74, 6) is -0.251. The molecule has 0 aromatic heterocycles. The van der Waals surface area contributed by atoms with Crippen LogP contribution in [0.4, 0.5) is 0 Å². The van der Waals surface area contributed by atoms with Crippen molar-refractivity contribution in [1.29, 1.82) is 0 Å². The van der Waals surface area contributed by atoms with Crippen molar-refractivity contribution in [2.75, 3.05) is 6.54 Å². The van der Waals surface area contributed by atoms with Crippen molar-refractivity contribution in [3.63, 3.8) is 0 Å². The van der Waals surface area contributed by atoms with Crippen molar-refractivity contribution in [1.82, 2.24) is 0 Å². The predicted octanol–water partition coefficient (Wildman–Crippen LogP) is -0.440. The predicted molar refractivity (Wildman–Crippen MR) is 41.7 cm³/mol. The van der Waals surface area contributed by atoms with Crippen LogP contribution in [0.2, 0.25) is 0 Å². The zero-order valence-electron chi connectivity index (χ0n) is 6.51. The Morgan fingerprint density at radius 3 is 2.18 bits per heavy atom. The molecule has 4 N–H and O–H groups in total. The van der Waals surface area contributed by atoms with Gasteiger partial charge in [-0.2, -0.15) is 0 Å². The third-order valence-corrected chi connectivity index (χ3v) is 1.30. The Morgan fingerprint density at radius 1 is 1.09 bits per heavy atom. The second-order valence-corrected chi connectivity index (χ2v) is 2.40. The van der Waals surface area contributed by atoms with Gasteiger partial charge in [0.2, 0.25) is 5.91 Å². The van der Waals surface area contributed by atoms with Crippen LogP contribution in [0.1, 0.15) is 25.7 Å². The molecule has 0 aliphatic carbocycles. The molecule has 1 amide bonds. The second-order valence-electron chi connectivity index (χ2n) is 2.40. The van der Waals surface area contributed by atoms with Gasteiger partial charge in [-0.3, -0.25) is 9.59 Å². The van der Waals surface area contributed by atoms with E-state index in [2.05, 4.69) is 0 Å². The van der Waals surface area contributed by atoms with E-state index < -0.39 is 0 Å². The lowest BCUT2D eigenvalue weighted by Gasteiger charge is -1.95. The molecule has 0 atom stereocenters. The molecule has 4 heteroatoms. The molecule has 64 valence electrons. The highest BCUT2D eigenvalue weighted by Gasteiger charge is 2.01. The number of primary amides is 1. The van der Waals surface area contributed by atoms with Crippen molar-refractivity contribution < 1.29 is 9.59 Å². The van der Waals surface area contributed by atoms with Gasteiger partial charge in [0.15, 0.2) is 0 Å². The number of carbonyl (C=O) groups is 2. The van der Waals surface area contributed by atoms with E-state index in [0.29, 0.717) is 25.8 Å². The zero-order chi connectivity index (χ0) is 8.69. The lowest BCUT2D eigenvalue weighted by atomic mass is 10.1. The number of ketones is 1. The van der Waals surface area contributed by atoms with Gasteiger partial charge in [0, 0.05) is 19.3 Å². The van der Waals surface area contributed by atoms with E-state index in [1.165, 1.54) is 0 Å². The molecule has 0 aromatic rings. The number of rotatable bonds is 6. The van der Waals surface area contributed by atoms with Crippen molar-refractivity contribution in [2.45, 2.75) is 25.7 Å². The first-order valence-electron chi connectivity index (χ1n) is 3.67. The van der Waals surface area contributed by atoms with Gasteiger partial charge < -0.3 is 11.5 Å². The van der Waals surface area contributed by atoms with Gasteiger partial charge in [0.05, 0.1) is 0 Å². The maximum atomic E-state index is 10.8. The van der Waals surface area contributed by atoms with Crippen LogP contribution in [-0.2, 0) is 9.59 Å². The summed E-state index contributed by atoms with van der Waals surface area (Å²) in [6.45, 7) is 0.384. The van der Waals surface area contributed by atoms with Gasteiger partial charge in [0.1, 0.15) is 5.78 Å². The minimum atomic E-state index is -0.356. The summed E-state index contributed by atoms with van der Waals surface area (Å²) in [5, 5.41) is 0. The fourth-order valence-corrected chi connectivity index (χ4v) is 0.746. The Bertz CT molecular complexity index is 145. The van der Waals surface area contributed by atoms with Crippen LogP contribution in [0, 0.1) is 0 Å². The Labute approximate surface area is 65.9 Å². The van der Waals surface area contributed by atoms with Crippen molar-refractivity contribution >= 4 is 11.7 Å². The Kier molecular flexibility index (Phi) is 5.37. The normalized spacial score (nSPS) is 9.55.